The Morgan fingerprint density at radius 3 is 2.08 bits per heavy atom. The van der Waals surface area contributed by atoms with E-state index >= 15 is 0 Å². The molecule has 2 unspecified atom stereocenters. The third-order valence-electron chi connectivity index (χ3n) is 4.29. The van der Waals surface area contributed by atoms with Crippen LogP contribution in [0.3, 0.4) is 0 Å². The molecule has 7 heteroatoms. The van der Waals surface area contributed by atoms with Gasteiger partial charge in [0, 0.05) is 0 Å². The van der Waals surface area contributed by atoms with E-state index in [1.165, 1.54) is 0 Å². The van der Waals surface area contributed by atoms with Crippen LogP contribution < -0.4 is 10.6 Å². The minimum absolute atomic E-state index is 0.197. The van der Waals surface area contributed by atoms with Crippen molar-refractivity contribution in [3.63, 3.8) is 0 Å². The summed E-state index contributed by atoms with van der Waals surface area (Å²) in [5.74, 6) is -2.78. The van der Waals surface area contributed by atoms with Crippen molar-refractivity contribution in [1.82, 2.24) is 4.90 Å². The molecule has 1 aliphatic carbocycles. The Balaban J connectivity index is 2.09. The summed E-state index contributed by atoms with van der Waals surface area (Å²) in [4.78, 5) is 37.3. The number of hydrogen-bond donors (Lipinski definition) is 3. The number of carbonyl (C=O) groups excluding carboxylic acids is 2. The number of anilines is 2. The van der Waals surface area contributed by atoms with Gasteiger partial charge in [-0.05, 0) is 31.6 Å². The zero-order valence-corrected chi connectivity index (χ0v) is 14.3. The van der Waals surface area contributed by atoms with E-state index in [0.717, 1.165) is 0 Å². The molecule has 2 atom stereocenters. The predicted octanol–water partition coefficient (Wildman–Crippen LogP) is 1.48. The van der Waals surface area contributed by atoms with Crippen LogP contribution in [-0.2, 0) is 14.4 Å². The van der Waals surface area contributed by atoms with Gasteiger partial charge in [-0.1, -0.05) is 26.0 Å². The standard InChI is InChI=1S/C17H23N3O4/c1-17(2)13(14(17)16(23)24)15(22)19-11-8-6-5-7-10(11)18-12(21)9-20(3)4/h5-8,13-14H,9H2,1-4H3,(H,18,21)(H,19,22)(H,23,24). The first-order valence-corrected chi connectivity index (χ1v) is 7.72. The van der Waals surface area contributed by atoms with E-state index < -0.39 is 23.2 Å². The summed E-state index contributed by atoms with van der Waals surface area (Å²) >= 11 is 0. The van der Waals surface area contributed by atoms with Gasteiger partial charge < -0.3 is 20.6 Å². The number of likely N-dealkylation sites (N-methyl/N-ethyl adjacent to an activating group) is 1. The molecule has 0 aliphatic heterocycles. The van der Waals surface area contributed by atoms with Gasteiger partial charge in [-0.3, -0.25) is 14.4 Å². The van der Waals surface area contributed by atoms with Crippen molar-refractivity contribution >= 4 is 29.2 Å². The second-order valence-corrected chi connectivity index (χ2v) is 6.94. The fourth-order valence-electron chi connectivity index (χ4n) is 2.98. The van der Waals surface area contributed by atoms with Crippen LogP contribution in [-0.4, -0.2) is 48.4 Å². The first-order valence-electron chi connectivity index (χ1n) is 7.72. The van der Waals surface area contributed by atoms with Crippen molar-refractivity contribution in [2.24, 2.45) is 17.3 Å². The van der Waals surface area contributed by atoms with E-state index in [0.29, 0.717) is 11.4 Å². The fourth-order valence-corrected chi connectivity index (χ4v) is 2.98. The Hall–Kier alpha value is -2.41. The average Bonchev–Trinajstić information content (AvgIpc) is 3.03. The maximum absolute atomic E-state index is 12.4. The van der Waals surface area contributed by atoms with Gasteiger partial charge in [0.05, 0.1) is 29.8 Å². The van der Waals surface area contributed by atoms with Crippen molar-refractivity contribution in [2.75, 3.05) is 31.3 Å². The molecule has 1 aromatic carbocycles. The first-order chi connectivity index (χ1) is 11.1. The summed E-state index contributed by atoms with van der Waals surface area (Å²) < 4.78 is 0. The molecular weight excluding hydrogens is 310 g/mol. The van der Waals surface area contributed by atoms with E-state index in [4.69, 9.17) is 0 Å². The Morgan fingerprint density at radius 2 is 1.62 bits per heavy atom. The van der Waals surface area contributed by atoms with Crippen molar-refractivity contribution in [2.45, 2.75) is 13.8 Å². The van der Waals surface area contributed by atoms with Crippen molar-refractivity contribution in [1.29, 1.82) is 0 Å². The van der Waals surface area contributed by atoms with Crippen LogP contribution in [0.15, 0.2) is 24.3 Å². The SMILES string of the molecule is CN(C)CC(=O)Nc1ccccc1NC(=O)C1C(C(=O)O)C1(C)C. The molecule has 1 aliphatic rings. The van der Waals surface area contributed by atoms with E-state index in [-0.39, 0.29) is 18.4 Å². The minimum Gasteiger partial charge on any atom is -0.481 e. The molecule has 0 bridgehead atoms. The van der Waals surface area contributed by atoms with Gasteiger partial charge in [0.1, 0.15) is 0 Å². The highest BCUT2D eigenvalue weighted by molar-refractivity contribution is 6.03. The molecule has 1 saturated carbocycles. The first kappa shape index (κ1) is 17.9. The summed E-state index contributed by atoms with van der Waals surface area (Å²) in [5.41, 5.74) is 0.378. The van der Waals surface area contributed by atoms with E-state index in [2.05, 4.69) is 10.6 Å². The summed E-state index contributed by atoms with van der Waals surface area (Å²) in [5, 5.41) is 14.7. The van der Waals surface area contributed by atoms with Gasteiger partial charge in [0.15, 0.2) is 0 Å². The van der Waals surface area contributed by atoms with Gasteiger partial charge >= 0.3 is 5.97 Å². The van der Waals surface area contributed by atoms with Crippen LogP contribution in [0.4, 0.5) is 11.4 Å². The molecule has 1 fully saturated rings. The number of amides is 2. The molecule has 0 saturated heterocycles. The lowest BCUT2D eigenvalue weighted by atomic mass is 10.1. The Labute approximate surface area is 141 Å². The van der Waals surface area contributed by atoms with Crippen LogP contribution in [0.25, 0.3) is 0 Å². The summed E-state index contributed by atoms with van der Waals surface area (Å²) in [6.07, 6.45) is 0. The molecule has 24 heavy (non-hydrogen) atoms. The highest BCUT2D eigenvalue weighted by atomic mass is 16.4. The van der Waals surface area contributed by atoms with Crippen LogP contribution in [0.2, 0.25) is 0 Å². The van der Waals surface area contributed by atoms with Crippen LogP contribution >= 0.6 is 0 Å². The van der Waals surface area contributed by atoms with E-state index in [1.54, 1.807) is 57.1 Å². The van der Waals surface area contributed by atoms with Gasteiger partial charge in [0.25, 0.3) is 0 Å². The van der Waals surface area contributed by atoms with Crippen molar-refractivity contribution in [3.05, 3.63) is 24.3 Å². The number of benzene rings is 1. The number of aliphatic carboxylic acids is 1. The molecule has 7 nitrogen and oxygen atoms in total. The summed E-state index contributed by atoms with van der Waals surface area (Å²) in [6.45, 7) is 3.75. The fraction of sp³-hybridized carbons (Fsp3) is 0.471. The van der Waals surface area contributed by atoms with E-state index in [9.17, 15) is 19.5 Å². The summed E-state index contributed by atoms with van der Waals surface area (Å²) in [7, 11) is 3.57. The smallest absolute Gasteiger partial charge is 0.307 e. The monoisotopic (exact) mass is 333 g/mol. The number of carboxylic acid groups (broad SMARTS) is 1. The van der Waals surface area contributed by atoms with Crippen LogP contribution in [0.1, 0.15) is 13.8 Å². The normalized spacial score (nSPS) is 21.2. The number of carboxylic acids is 1. The Morgan fingerprint density at radius 1 is 1.08 bits per heavy atom. The second-order valence-electron chi connectivity index (χ2n) is 6.94. The van der Waals surface area contributed by atoms with Gasteiger partial charge in [-0.15, -0.1) is 0 Å². The molecule has 0 radical (unpaired) electrons. The highest BCUT2D eigenvalue weighted by Gasteiger charge is 2.65. The lowest BCUT2D eigenvalue weighted by Gasteiger charge is -2.14. The number of para-hydroxylation sites is 2. The van der Waals surface area contributed by atoms with Crippen LogP contribution in [0.5, 0.6) is 0 Å². The highest BCUT2D eigenvalue weighted by Crippen LogP contribution is 2.58. The minimum atomic E-state index is -0.965. The molecule has 1 aromatic rings. The molecule has 3 N–H and O–H groups in total. The Bertz CT molecular complexity index is 670. The average molecular weight is 333 g/mol. The molecular formula is C17H23N3O4. The number of rotatable bonds is 6. The molecule has 130 valence electrons. The number of hydrogen-bond acceptors (Lipinski definition) is 4. The second kappa shape index (κ2) is 6.60. The maximum atomic E-state index is 12.4. The molecule has 0 aromatic heterocycles. The molecule has 0 spiro atoms. The van der Waals surface area contributed by atoms with Crippen molar-refractivity contribution in [3.8, 4) is 0 Å². The zero-order chi connectivity index (χ0) is 18.1. The lowest BCUT2D eigenvalue weighted by Crippen LogP contribution is -2.27. The molecule has 0 heterocycles. The number of nitrogens with zero attached hydrogens (tertiary/aromatic N) is 1. The predicted molar refractivity (Wildman–Crippen MR) is 90.7 cm³/mol. The van der Waals surface area contributed by atoms with Crippen LogP contribution in [0, 0.1) is 17.3 Å². The zero-order valence-electron chi connectivity index (χ0n) is 14.3. The number of carbonyl (C=O) groups is 3. The molecule has 2 amide bonds. The van der Waals surface area contributed by atoms with Gasteiger partial charge in [0.2, 0.25) is 11.8 Å². The largest absolute Gasteiger partial charge is 0.481 e. The topological polar surface area (TPSA) is 98.7 Å². The third kappa shape index (κ3) is 3.73. The Kier molecular flexibility index (Phi) is 4.94. The molecule has 2 rings (SSSR count). The quantitative estimate of drug-likeness (QED) is 0.732. The number of nitrogens with one attached hydrogen (secondary N) is 2. The summed E-state index contributed by atoms with van der Waals surface area (Å²) in [6, 6.07) is 6.86. The van der Waals surface area contributed by atoms with Gasteiger partial charge in [-0.2, -0.15) is 0 Å². The maximum Gasteiger partial charge on any atom is 0.307 e. The third-order valence-corrected chi connectivity index (χ3v) is 4.29. The lowest BCUT2D eigenvalue weighted by molar-refractivity contribution is -0.140. The van der Waals surface area contributed by atoms with Gasteiger partial charge in [-0.25, -0.2) is 0 Å². The van der Waals surface area contributed by atoms with E-state index in [1.807, 2.05) is 0 Å². The van der Waals surface area contributed by atoms with Crippen molar-refractivity contribution < 1.29 is 19.5 Å².